The van der Waals surface area contributed by atoms with Crippen molar-refractivity contribution < 1.29 is 19.5 Å². The molecule has 5 heteroatoms. The second-order valence-electron chi connectivity index (χ2n) is 6.49. The third-order valence-corrected chi connectivity index (χ3v) is 4.26. The van der Waals surface area contributed by atoms with E-state index in [1.807, 2.05) is 84.9 Å². The first kappa shape index (κ1) is 20.1. The van der Waals surface area contributed by atoms with E-state index < -0.39 is 5.97 Å². The van der Waals surface area contributed by atoms with E-state index in [9.17, 15) is 4.79 Å². The van der Waals surface area contributed by atoms with E-state index in [2.05, 4.69) is 5.16 Å². The summed E-state index contributed by atoms with van der Waals surface area (Å²) in [6, 6.07) is 27.1. The van der Waals surface area contributed by atoms with Crippen molar-refractivity contribution in [3.8, 4) is 5.75 Å². The van der Waals surface area contributed by atoms with E-state index in [0.717, 1.165) is 22.4 Å². The first-order valence-corrected chi connectivity index (χ1v) is 9.42. The number of aliphatic carboxylic acids is 1. The Morgan fingerprint density at radius 2 is 1.38 bits per heavy atom. The van der Waals surface area contributed by atoms with Gasteiger partial charge in [0.2, 0.25) is 0 Å². The summed E-state index contributed by atoms with van der Waals surface area (Å²) in [6.07, 6.45) is 0.316. The Morgan fingerprint density at radius 1 is 0.759 bits per heavy atom. The number of carboxylic acid groups (broad SMARTS) is 1. The lowest BCUT2D eigenvalue weighted by Gasteiger charge is -2.08. The minimum atomic E-state index is -0.861. The smallest absolute Gasteiger partial charge is 0.303 e. The zero-order valence-corrected chi connectivity index (χ0v) is 16.0. The van der Waals surface area contributed by atoms with Gasteiger partial charge in [-0.15, -0.1) is 0 Å². The molecule has 0 bridgehead atoms. The number of hydrogen-bond acceptors (Lipinski definition) is 4. The van der Waals surface area contributed by atoms with Gasteiger partial charge < -0.3 is 14.7 Å². The molecule has 148 valence electrons. The number of nitrogens with zero attached hydrogens (tertiary/aromatic N) is 1. The van der Waals surface area contributed by atoms with E-state index in [0.29, 0.717) is 25.3 Å². The number of benzene rings is 3. The van der Waals surface area contributed by atoms with Crippen molar-refractivity contribution in [1.82, 2.24) is 0 Å². The van der Waals surface area contributed by atoms with E-state index in [-0.39, 0.29) is 6.42 Å². The van der Waals surface area contributed by atoms with Crippen LogP contribution in [0.15, 0.2) is 90.1 Å². The number of ether oxygens (including phenoxy) is 1. The van der Waals surface area contributed by atoms with Gasteiger partial charge in [-0.05, 0) is 28.8 Å². The second-order valence-corrected chi connectivity index (χ2v) is 6.49. The highest BCUT2D eigenvalue weighted by Gasteiger charge is 2.07. The molecule has 0 fully saturated rings. The largest absolute Gasteiger partial charge is 0.489 e. The van der Waals surface area contributed by atoms with Gasteiger partial charge in [-0.3, -0.25) is 4.79 Å². The van der Waals surface area contributed by atoms with Crippen molar-refractivity contribution in [3.05, 3.63) is 102 Å². The van der Waals surface area contributed by atoms with Crippen LogP contribution in [0.25, 0.3) is 0 Å². The minimum Gasteiger partial charge on any atom is -0.489 e. The third-order valence-electron chi connectivity index (χ3n) is 4.26. The van der Waals surface area contributed by atoms with Gasteiger partial charge in [-0.1, -0.05) is 78.0 Å². The van der Waals surface area contributed by atoms with E-state index in [1.54, 1.807) is 0 Å². The summed E-state index contributed by atoms with van der Waals surface area (Å²) in [5, 5.41) is 13.1. The van der Waals surface area contributed by atoms with Gasteiger partial charge in [0.1, 0.15) is 19.0 Å². The van der Waals surface area contributed by atoms with Crippen molar-refractivity contribution in [2.24, 2.45) is 5.16 Å². The molecule has 0 saturated carbocycles. The van der Waals surface area contributed by atoms with Gasteiger partial charge in [0, 0.05) is 6.42 Å². The molecule has 29 heavy (non-hydrogen) atoms. The lowest BCUT2D eigenvalue weighted by Crippen LogP contribution is -2.06. The van der Waals surface area contributed by atoms with Crippen LogP contribution in [0.1, 0.15) is 29.5 Å². The molecular weight excluding hydrogens is 366 g/mol. The molecule has 3 aromatic carbocycles. The quantitative estimate of drug-likeness (QED) is 0.389. The predicted molar refractivity (Wildman–Crippen MR) is 112 cm³/mol. The Morgan fingerprint density at radius 3 is 2.03 bits per heavy atom. The number of oxime groups is 1. The fourth-order valence-corrected chi connectivity index (χ4v) is 2.71. The molecule has 0 spiro atoms. The zero-order valence-electron chi connectivity index (χ0n) is 16.0. The first-order valence-electron chi connectivity index (χ1n) is 9.42. The number of carboxylic acids is 1. The van der Waals surface area contributed by atoms with Gasteiger partial charge in [0.15, 0.2) is 0 Å². The topological polar surface area (TPSA) is 68.1 Å². The highest BCUT2D eigenvalue weighted by atomic mass is 16.6. The molecule has 0 atom stereocenters. The van der Waals surface area contributed by atoms with Crippen LogP contribution in [0.5, 0.6) is 5.75 Å². The molecule has 0 heterocycles. The molecule has 3 aromatic rings. The number of hydrogen-bond donors (Lipinski definition) is 1. The van der Waals surface area contributed by atoms with Crippen LogP contribution in [-0.2, 0) is 22.8 Å². The van der Waals surface area contributed by atoms with E-state index >= 15 is 0 Å². The van der Waals surface area contributed by atoms with Crippen molar-refractivity contribution in [1.29, 1.82) is 0 Å². The summed E-state index contributed by atoms with van der Waals surface area (Å²) in [6.45, 7) is 0.813. The monoisotopic (exact) mass is 389 g/mol. The molecule has 0 aliphatic rings. The molecule has 0 unspecified atom stereocenters. The molecule has 3 rings (SSSR count). The zero-order chi connectivity index (χ0) is 20.3. The first-order chi connectivity index (χ1) is 14.2. The summed E-state index contributed by atoms with van der Waals surface area (Å²) >= 11 is 0. The van der Waals surface area contributed by atoms with E-state index in [4.69, 9.17) is 14.7 Å². The molecular formula is C24H23NO4. The SMILES string of the molecule is O=C(O)CC/C(=N/OCc1ccc(OCc2ccccc2)cc1)c1ccccc1. The predicted octanol–water partition coefficient (Wildman–Crippen LogP) is 5.05. The van der Waals surface area contributed by atoms with Crippen LogP contribution in [-0.4, -0.2) is 16.8 Å². The Labute approximate surface area is 170 Å². The maximum absolute atomic E-state index is 10.9. The number of carbonyl (C=O) groups is 1. The van der Waals surface area contributed by atoms with Crippen molar-refractivity contribution in [2.75, 3.05) is 0 Å². The lowest BCUT2D eigenvalue weighted by atomic mass is 10.1. The van der Waals surface area contributed by atoms with Crippen LogP contribution in [0.2, 0.25) is 0 Å². The molecule has 0 saturated heterocycles. The summed E-state index contributed by atoms with van der Waals surface area (Å²) in [5.41, 5.74) is 3.55. The van der Waals surface area contributed by atoms with Gasteiger partial charge >= 0.3 is 5.97 Å². The molecule has 0 amide bonds. The summed E-state index contributed by atoms with van der Waals surface area (Å²) in [5.74, 6) is -0.0766. The maximum Gasteiger partial charge on any atom is 0.303 e. The van der Waals surface area contributed by atoms with Crippen LogP contribution in [0.4, 0.5) is 0 Å². The lowest BCUT2D eigenvalue weighted by molar-refractivity contribution is -0.136. The van der Waals surface area contributed by atoms with Crippen molar-refractivity contribution >= 4 is 11.7 Å². The Hall–Kier alpha value is -3.60. The molecule has 5 nitrogen and oxygen atoms in total. The van der Waals surface area contributed by atoms with Gasteiger partial charge in [0.05, 0.1) is 12.1 Å². The third kappa shape index (κ3) is 6.81. The van der Waals surface area contributed by atoms with Crippen molar-refractivity contribution in [2.45, 2.75) is 26.1 Å². The Kier molecular flexibility index (Phi) is 7.41. The molecule has 0 aliphatic carbocycles. The van der Waals surface area contributed by atoms with Crippen LogP contribution >= 0.6 is 0 Å². The summed E-state index contributed by atoms with van der Waals surface area (Å²) < 4.78 is 5.78. The highest BCUT2D eigenvalue weighted by Crippen LogP contribution is 2.15. The average Bonchev–Trinajstić information content (AvgIpc) is 2.76. The van der Waals surface area contributed by atoms with Gasteiger partial charge in [-0.25, -0.2) is 0 Å². The van der Waals surface area contributed by atoms with E-state index in [1.165, 1.54) is 0 Å². The molecule has 0 aromatic heterocycles. The van der Waals surface area contributed by atoms with Crippen LogP contribution in [0, 0.1) is 0 Å². The Bertz CT molecular complexity index is 922. The van der Waals surface area contributed by atoms with Gasteiger partial charge in [-0.2, -0.15) is 0 Å². The maximum atomic E-state index is 10.9. The summed E-state index contributed by atoms with van der Waals surface area (Å²) in [7, 11) is 0. The highest BCUT2D eigenvalue weighted by molar-refractivity contribution is 6.01. The summed E-state index contributed by atoms with van der Waals surface area (Å²) in [4.78, 5) is 16.4. The molecule has 0 radical (unpaired) electrons. The fraction of sp³-hybridized carbons (Fsp3) is 0.167. The molecule has 0 aliphatic heterocycles. The Balaban J connectivity index is 1.55. The standard InChI is InChI=1S/C24H23NO4/c26-24(27)16-15-23(21-9-5-2-6-10-21)25-29-18-20-11-13-22(14-12-20)28-17-19-7-3-1-4-8-19/h1-14H,15-18H2,(H,26,27)/b25-23-. The van der Waals surface area contributed by atoms with Crippen LogP contribution < -0.4 is 4.74 Å². The van der Waals surface area contributed by atoms with Crippen molar-refractivity contribution in [3.63, 3.8) is 0 Å². The normalized spacial score (nSPS) is 11.1. The minimum absolute atomic E-state index is 0.00450. The second kappa shape index (κ2) is 10.7. The average molecular weight is 389 g/mol. The number of rotatable bonds is 10. The fourth-order valence-electron chi connectivity index (χ4n) is 2.71. The van der Waals surface area contributed by atoms with Gasteiger partial charge in [0.25, 0.3) is 0 Å². The molecule has 1 N–H and O–H groups in total. The van der Waals surface area contributed by atoms with Crippen LogP contribution in [0.3, 0.4) is 0 Å².